The molecule has 7 heteroatoms. The largest absolute Gasteiger partial charge is 0.462 e. The first-order chi connectivity index (χ1) is 18.6. The SMILES string of the molecule is CCOC(=O)c1ccc(CCCN2CCC(CN(C(=O)OC(C)(C)C)C3CC3c3ccc(F)cc3)CC2)cc1. The molecule has 212 valence electrons. The molecule has 1 amide bonds. The average molecular weight is 539 g/mol. The lowest BCUT2D eigenvalue weighted by molar-refractivity contribution is 0.0171. The zero-order valence-corrected chi connectivity index (χ0v) is 23.8. The van der Waals surface area contributed by atoms with Crippen molar-refractivity contribution in [2.75, 3.05) is 32.8 Å². The number of esters is 1. The molecule has 2 atom stereocenters. The van der Waals surface area contributed by atoms with Crippen molar-refractivity contribution in [3.8, 4) is 0 Å². The summed E-state index contributed by atoms with van der Waals surface area (Å²) in [6.07, 6.45) is 4.80. The third kappa shape index (κ3) is 8.53. The van der Waals surface area contributed by atoms with E-state index < -0.39 is 5.60 Å². The topological polar surface area (TPSA) is 59.1 Å². The third-order valence-corrected chi connectivity index (χ3v) is 7.65. The second-order valence-electron chi connectivity index (χ2n) is 11.9. The summed E-state index contributed by atoms with van der Waals surface area (Å²) in [6, 6.07) is 14.5. The lowest BCUT2D eigenvalue weighted by Gasteiger charge is -2.36. The molecule has 1 saturated carbocycles. The first kappa shape index (κ1) is 29.1. The summed E-state index contributed by atoms with van der Waals surface area (Å²) in [5, 5.41) is 0. The zero-order valence-electron chi connectivity index (χ0n) is 23.8. The molecule has 2 fully saturated rings. The van der Waals surface area contributed by atoms with E-state index in [1.807, 2.05) is 69.0 Å². The molecule has 39 heavy (non-hydrogen) atoms. The van der Waals surface area contributed by atoms with Crippen LogP contribution in [0.4, 0.5) is 9.18 Å². The number of hydrogen-bond donors (Lipinski definition) is 0. The summed E-state index contributed by atoms with van der Waals surface area (Å²) < 4.78 is 24.2. The molecule has 2 aromatic carbocycles. The number of halogens is 1. The van der Waals surface area contributed by atoms with Crippen LogP contribution in [0.5, 0.6) is 0 Å². The van der Waals surface area contributed by atoms with Crippen LogP contribution in [0, 0.1) is 11.7 Å². The molecule has 0 bridgehead atoms. The number of carbonyl (C=O) groups is 2. The second-order valence-corrected chi connectivity index (χ2v) is 11.9. The van der Waals surface area contributed by atoms with Gasteiger partial charge in [-0.1, -0.05) is 24.3 Å². The van der Waals surface area contributed by atoms with Gasteiger partial charge in [0.1, 0.15) is 11.4 Å². The third-order valence-electron chi connectivity index (χ3n) is 7.65. The molecular formula is C32H43FN2O4. The fourth-order valence-corrected chi connectivity index (χ4v) is 5.46. The van der Waals surface area contributed by atoms with E-state index in [0.717, 1.165) is 57.3 Å². The molecule has 0 radical (unpaired) electrons. The molecule has 0 aromatic heterocycles. The first-order valence-corrected chi connectivity index (χ1v) is 14.4. The number of rotatable bonds is 10. The molecule has 2 aromatic rings. The van der Waals surface area contributed by atoms with Crippen LogP contribution in [0.1, 0.15) is 80.8 Å². The van der Waals surface area contributed by atoms with Gasteiger partial charge in [0.05, 0.1) is 12.2 Å². The summed E-state index contributed by atoms with van der Waals surface area (Å²) in [5.74, 6) is 0.173. The predicted molar refractivity (Wildman–Crippen MR) is 150 cm³/mol. The normalized spacial score (nSPS) is 19.9. The van der Waals surface area contributed by atoms with Gasteiger partial charge in [-0.2, -0.15) is 0 Å². The van der Waals surface area contributed by atoms with Crippen molar-refractivity contribution in [2.24, 2.45) is 5.92 Å². The Morgan fingerprint density at radius 1 is 1.03 bits per heavy atom. The van der Waals surface area contributed by atoms with Crippen molar-refractivity contribution in [1.29, 1.82) is 0 Å². The van der Waals surface area contributed by atoms with Crippen molar-refractivity contribution in [3.05, 3.63) is 71.0 Å². The number of benzene rings is 2. The average Bonchev–Trinajstić information content (AvgIpc) is 3.68. The van der Waals surface area contributed by atoms with Gasteiger partial charge < -0.3 is 19.3 Å². The highest BCUT2D eigenvalue weighted by molar-refractivity contribution is 5.89. The van der Waals surface area contributed by atoms with E-state index in [1.54, 1.807) is 0 Å². The number of piperidine rings is 1. The lowest BCUT2D eigenvalue weighted by Crippen LogP contribution is -2.44. The van der Waals surface area contributed by atoms with E-state index in [0.29, 0.717) is 24.6 Å². The van der Waals surface area contributed by atoms with Crippen molar-refractivity contribution in [3.63, 3.8) is 0 Å². The minimum absolute atomic E-state index is 0.110. The maximum absolute atomic E-state index is 13.4. The Bertz CT molecular complexity index is 1090. The summed E-state index contributed by atoms with van der Waals surface area (Å²) in [5.41, 5.74) is 2.36. The Kier molecular flexibility index (Phi) is 9.65. The van der Waals surface area contributed by atoms with Gasteiger partial charge in [0.2, 0.25) is 0 Å². The van der Waals surface area contributed by atoms with Gasteiger partial charge in [-0.25, -0.2) is 14.0 Å². The van der Waals surface area contributed by atoms with Gasteiger partial charge in [0.25, 0.3) is 0 Å². The number of likely N-dealkylation sites (tertiary alicyclic amines) is 1. The van der Waals surface area contributed by atoms with Gasteiger partial charge >= 0.3 is 12.1 Å². The van der Waals surface area contributed by atoms with Crippen LogP contribution in [0.3, 0.4) is 0 Å². The smallest absolute Gasteiger partial charge is 0.410 e. The van der Waals surface area contributed by atoms with Crippen LogP contribution >= 0.6 is 0 Å². The number of hydrogen-bond acceptors (Lipinski definition) is 5. The van der Waals surface area contributed by atoms with Gasteiger partial charge in [-0.3, -0.25) is 0 Å². The summed E-state index contributed by atoms with van der Waals surface area (Å²) >= 11 is 0. The van der Waals surface area contributed by atoms with Crippen LogP contribution < -0.4 is 0 Å². The Morgan fingerprint density at radius 3 is 2.31 bits per heavy atom. The highest BCUT2D eigenvalue weighted by Gasteiger charge is 2.46. The predicted octanol–water partition coefficient (Wildman–Crippen LogP) is 6.44. The lowest BCUT2D eigenvalue weighted by atomic mass is 9.95. The standard InChI is InChI=1S/C32H43FN2O4/c1-5-38-30(36)26-10-8-23(9-11-26)7-6-18-34-19-16-24(17-20-34)22-35(31(37)39-32(2,3)4)29-21-28(29)25-12-14-27(33)15-13-25/h8-15,24,28-29H,5-7,16-22H2,1-4H3. The molecule has 1 aliphatic carbocycles. The summed E-state index contributed by atoms with van der Waals surface area (Å²) in [7, 11) is 0. The van der Waals surface area contributed by atoms with E-state index in [4.69, 9.17) is 9.47 Å². The van der Waals surface area contributed by atoms with Gasteiger partial charge in [-0.05, 0) is 121 Å². The molecule has 1 aliphatic heterocycles. The quantitative estimate of drug-likeness (QED) is 0.326. The number of amides is 1. The highest BCUT2D eigenvalue weighted by Crippen LogP contribution is 2.45. The number of nitrogens with zero attached hydrogens (tertiary/aromatic N) is 2. The molecule has 1 heterocycles. The first-order valence-electron chi connectivity index (χ1n) is 14.4. The Labute approximate surface area is 232 Å². The molecule has 2 unspecified atom stereocenters. The molecule has 0 spiro atoms. The minimum Gasteiger partial charge on any atom is -0.462 e. The molecular weight excluding hydrogens is 495 g/mol. The minimum atomic E-state index is -0.544. The summed E-state index contributed by atoms with van der Waals surface area (Å²) in [6.45, 7) is 11.7. The van der Waals surface area contributed by atoms with Crippen LogP contribution in [0.15, 0.2) is 48.5 Å². The van der Waals surface area contributed by atoms with E-state index in [9.17, 15) is 14.0 Å². The summed E-state index contributed by atoms with van der Waals surface area (Å²) in [4.78, 5) is 29.5. The molecule has 2 aliphatic rings. The van der Waals surface area contributed by atoms with Gasteiger partial charge in [0, 0.05) is 18.5 Å². The van der Waals surface area contributed by atoms with Crippen molar-refractivity contribution >= 4 is 12.1 Å². The second kappa shape index (κ2) is 12.9. The number of aryl methyl sites for hydroxylation is 1. The monoisotopic (exact) mass is 538 g/mol. The number of carbonyl (C=O) groups excluding carboxylic acids is 2. The molecule has 6 nitrogen and oxygen atoms in total. The maximum Gasteiger partial charge on any atom is 0.410 e. The van der Waals surface area contributed by atoms with Crippen LogP contribution in [-0.4, -0.2) is 66.3 Å². The van der Waals surface area contributed by atoms with E-state index in [1.165, 1.54) is 17.7 Å². The molecule has 4 rings (SSSR count). The van der Waals surface area contributed by atoms with Crippen LogP contribution in [0.25, 0.3) is 0 Å². The van der Waals surface area contributed by atoms with E-state index >= 15 is 0 Å². The molecule has 0 N–H and O–H groups in total. The van der Waals surface area contributed by atoms with Crippen LogP contribution in [-0.2, 0) is 15.9 Å². The Morgan fingerprint density at radius 2 is 1.69 bits per heavy atom. The van der Waals surface area contributed by atoms with Crippen molar-refractivity contribution in [1.82, 2.24) is 9.80 Å². The highest BCUT2D eigenvalue weighted by atomic mass is 19.1. The van der Waals surface area contributed by atoms with E-state index in [-0.39, 0.29) is 29.8 Å². The molecule has 1 saturated heterocycles. The number of ether oxygens (including phenoxy) is 2. The van der Waals surface area contributed by atoms with E-state index in [2.05, 4.69) is 4.90 Å². The fourth-order valence-electron chi connectivity index (χ4n) is 5.46. The Balaban J connectivity index is 1.24. The fraction of sp³-hybridized carbons (Fsp3) is 0.562. The zero-order chi connectivity index (χ0) is 28.0. The van der Waals surface area contributed by atoms with Gasteiger partial charge in [0.15, 0.2) is 0 Å². The van der Waals surface area contributed by atoms with Crippen LogP contribution in [0.2, 0.25) is 0 Å². The van der Waals surface area contributed by atoms with Crippen molar-refractivity contribution < 1.29 is 23.5 Å². The maximum atomic E-state index is 13.4. The van der Waals surface area contributed by atoms with Crippen molar-refractivity contribution in [2.45, 2.75) is 77.4 Å². The Hall–Kier alpha value is -2.93. The van der Waals surface area contributed by atoms with Gasteiger partial charge in [-0.15, -0.1) is 0 Å².